The van der Waals surface area contributed by atoms with Crippen molar-refractivity contribution in [3.63, 3.8) is 0 Å². The second-order valence-electron chi connectivity index (χ2n) is 9.99. The Morgan fingerprint density at radius 3 is 2.30 bits per heavy atom. The molecule has 0 aliphatic heterocycles. The van der Waals surface area contributed by atoms with Gasteiger partial charge in [0.15, 0.2) is 28.9 Å². The van der Waals surface area contributed by atoms with E-state index in [1.54, 1.807) is 56.6 Å². The number of nitrogens with zero attached hydrogens (tertiary/aromatic N) is 4. The van der Waals surface area contributed by atoms with Gasteiger partial charge in [0.05, 0.1) is 5.69 Å². The molecule has 0 bridgehead atoms. The molecule has 44 heavy (non-hydrogen) atoms. The van der Waals surface area contributed by atoms with Crippen LogP contribution in [-0.4, -0.2) is 46.0 Å². The minimum absolute atomic E-state index is 0.0335. The first kappa shape index (κ1) is 30.4. The van der Waals surface area contributed by atoms with Crippen LogP contribution in [0.1, 0.15) is 27.8 Å². The molecule has 0 aliphatic rings. The highest BCUT2D eigenvalue weighted by atomic mass is 19.4. The number of halogens is 6. The molecular weight excluding hydrogens is 590 g/mol. The fourth-order valence-corrected chi connectivity index (χ4v) is 4.70. The monoisotopic (exact) mass is 614 g/mol. The van der Waals surface area contributed by atoms with E-state index >= 15 is 0 Å². The summed E-state index contributed by atoms with van der Waals surface area (Å²) in [5.41, 5.74) is 1.33. The Morgan fingerprint density at radius 2 is 1.66 bits per heavy atom. The molecule has 0 fully saturated rings. The van der Waals surface area contributed by atoms with Crippen LogP contribution >= 0.6 is 0 Å². The highest BCUT2D eigenvalue weighted by Gasteiger charge is 2.35. The smallest absolute Gasteiger partial charge is 0.434 e. The number of carbonyl (C=O) groups excluding carboxylic acids is 1. The van der Waals surface area contributed by atoms with Gasteiger partial charge in [-0.25, -0.2) is 14.4 Å². The normalized spacial score (nSPS) is 11.7. The first-order chi connectivity index (χ1) is 20.7. The minimum Gasteiger partial charge on any atom is -0.440 e. The maximum absolute atomic E-state index is 14.7. The summed E-state index contributed by atoms with van der Waals surface area (Å²) in [6, 6.07) is 15.0. The van der Waals surface area contributed by atoms with E-state index in [4.69, 9.17) is 4.42 Å². The van der Waals surface area contributed by atoms with Crippen molar-refractivity contribution in [3.8, 4) is 45.1 Å². The van der Waals surface area contributed by atoms with E-state index in [0.29, 0.717) is 22.3 Å². The Labute approximate surface area is 247 Å². The lowest BCUT2D eigenvalue weighted by molar-refractivity contribution is -0.141. The van der Waals surface area contributed by atoms with Crippen molar-refractivity contribution in [3.05, 3.63) is 95.7 Å². The lowest BCUT2D eigenvalue weighted by Gasteiger charge is -2.15. The van der Waals surface area contributed by atoms with Gasteiger partial charge in [0, 0.05) is 43.9 Å². The molecule has 0 spiro atoms. The second-order valence-corrected chi connectivity index (χ2v) is 9.99. The molecular formula is C31H24F6N4O3. The van der Waals surface area contributed by atoms with Crippen LogP contribution in [0.25, 0.3) is 39.4 Å². The molecule has 0 atom stereocenters. The summed E-state index contributed by atoms with van der Waals surface area (Å²) in [5.74, 6) is -1.77. The summed E-state index contributed by atoms with van der Waals surface area (Å²) in [4.78, 5) is 22.2. The molecule has 0 N–H and O–H groups in total. The highest BCUT2D eigenvalue weighted by Crippen LogP contribution is 2.40. The summed E-state index contributed by atoms with van der Waals surface area (Å²) >= 11 is 0. The lowest BCUT2D eigenvalue weighted by Crippen LogP contribution is -2.21. The molecule has 2 heterocycles. The number of amides is 1. The van der Waals surface area contributed by atoms with Gasteiger partial charge < -0.3 is 18.6 Å². The number of ether oxygens (including phenoxy) is 1. The molecule has 13 heteroatoms. The third-order valence-corrected chi connectivity index (χ3v) is 6.68. The lowest BCUT2D eigenvalue weighted by atomic mass is 9.96. The van der Waals surface area contributed by atoms with Crippen LogP contribution < -0.4 is 4.74 Å². The number of aryl methyl sites for hydroxylation is 2. The van der Waals surface area contributed by atoms with Gasteiger partial charge >= 0.3 is 12.8 Å². The number of benzene rings is 3. The Bertz CT molecular complexity index is 1860. The predicted molar refractivity (Wildman–Crippen MR) is 149 cm³/mol. The Morgan fingerprint density at radius 1 is 0.955 bits per heavy atom. The standard InChI is InChI=1S/C31H24F6N4O3/c1-16-38-26(31(35,36)37)15-41(16)24-10-8-19(18-6-5-7-21(12-18)29(42)40(3)4)13-22(24)27-28(43-17(2)39-27)20-9-11-25(23(32)14-20)44-30(33)34/h5-15,30H,1-4H3. The zero-order chi connectivity index (χ0) is 31.9. The van der Waals surface area contributed by atoms with Gasteiger partial charge in [-0.2, -0.15) is 22.0 Å². The molecule has 0 saturated carbocycles. The first-order valence-electron chi connectivity index (χ1n) is 13.0. The number of rotatable bonds is 7. The fraction of sp³-hybridized carbons (Fsp3) is 0.194. The predicted octanol–water partition coefficient (Wildman–Crippen LogP) is 7.94. The largest absolute Gasteiger partial charge is 0.440 e. The molecule has 0 radical (unpaired) electrons. The summed E-state index contributed by atoms with van der Waals surface area (Å²) in [6.07, 6.45) is -3.85. The second kappa shape index (κ2) is 11.5. The van der Waals surface area contributed by atoms with E-state index in [9.17, 15) is 31.1 Å². The first-order valence-corrected chi connectivity index (χ1v) is 13.0. The van der Waals surface area contributed by atoms with Gasteiger partial charge in [0.1, 0.15) is 11.5 Å². The van der Waals surface area contributed by atoms with Crippen LogP contribution in [0.3, 0.4) is 0 Å². The Balaban J connectivity index is 1.73. The van der Waals surface area contributed by atoms with Crippen LogP contribution in [0.15, 0.2) is 71.3 Å². The molecule has 0 aliphatic carbocycles. The van der Waals surface area contributed by atoms with Crippen LogP contribution in [0.2, 0.25) is 0 Å². The van der Waals surface area contributed by atoms with E-state index in [-0.39, 0.29) is 40.3 Å². The SMILES string of the molecule is Cc1nc(-c2cc(-c3cccc(C(=O)N(C)C)c3)ccc2-n2cc(C(F)(F)F)nc2C)c(-c2ccc(OC(F)F)c(F)c2)o1. The fourth-order valence-electron chi connectivity index (χ4n) is 4.70. The van der Waals surface area contributed by atoms with Crippen molar-refractivity contribution in [2.75, 3.05) is 14.1 Å². The van der Waals surface area contributed by atoms with Crippen molar-refractivity contribution < 1.29 is 40.3 Å². The number of aromatic nitrogens is 3. The average molecular weight is 615 g/mol. The number of alkyl halides is 5. The molecule has 3 aromatic carbocycles. The van der Waals surface area contributed by atoms with Crippen LogP contribution in [0.4, 0.5) is 26.3 Å². The molecule has 5 aromatic rings. The van der Waals surface area contributed by atoms with Crippen molar-refractivity contribution in [2.24, 2.45) is 0 Å². The van der Waals surface area contributed by atoms with Gasteiger partial charge in [-0.1, -0.05) is 18.2 Å². The van der Waals surface area contributed by atoms with Gasteiger partial charge in [0.25, 0.3) is 5.91 Å². The van der Waals surface area contributed by atoms with E-state index in [2.05, 4.69) is 14.7 Å². The van der Waals surface area contributed by atoms with Gasteiger partial charge in [0.2, 0.25) is 0 Å². The number of oxazole rings is 1. The van der Waals surface area contributed by atoms with E-state index < -0.39 is 30.0 Å². The zero-order valence-electron chi connectivity index (χ0n) is 23.7. The van der Waals surface area contributed by atoms with Gasteiger partial charge in [-0.15, -0.1) is 0 Å². The van der Waals surface area contributed by atoms with Crippen LogP contribution in [0, 0.1) is 19.7 Å². The quantitative estimate of drug-likeness (QED) is 0.174. The number of carbonyl (C=O) groups is 1. The van der Waals surface area contributed by atoms with Crippen LogP contribution in [0.5, 0.6) is 5.75 Å². The molecule has 228 valence electrons. The van der Waals surface area contributed by atoms with Gasteiger partial charge in [-0.3, -0.25) is 4.79 Å². The zero-order valence-corrected chi connectivity index (χ0v) is 23.7. The summed E-state index contributed by atoms with van der Waals surface area (Å²) in [7, 11) is 3.24. The van der Waals surface area contributed by atoms with E-state index in [1.165, 1.54) is 29.4 Å². The molecule has 5 rings (SSSR count). The topological polar surface area (TPSA) is 73.4 Å². The van der Waals surface area contributed by atoms with E-state index in [1.807, 2.05) is 0 Å². The molecule has 2 aromatic heterocycles. The minimum atomic E-state index is -4.70. The summed E-state index contributed by atoms with van der Waals surface area (Å²) in [6.45, 7) is -0.299. The summed E-state index contributed by atoms with van der Waals surface area (Å²) in [5, 5.41) is 0. The molecule has 1 amide bonds. The van der Waals surface area contributed by atoms with Crippen molar-refractivity contribution in [2.45, 2.75) is 26.6 Å². The molecule has 0 unspecified atom stereocenters. The number of hydrogen-bond donors (Lipinski definition) is 0. The maximum atomic E-state index is 14.7. The van der Waals surface area contributed by atoms with Crippen molar-refractivity contribution in [1.82, 2.24) is 19.4 Å². The highest BCUT2D eigenvalue weighted by molar-refractivity contribution is 5.95. The average Bonchev–Trinajstić information content (AvgIpc) is 3.55. The Kier molecular flexibility index (Phi) is 7.98. The van der Waals surface area contributed by atoms with Crippen molar-refractivity contribution in [1.29, 1.82) is 0 Å². The third-order valence-electron chi connectivity index (χ3n) is 6.68. The third kappa shape index (κ3) is 6.03. The molecule has 7 nitrogen and oxygen atoms in total. The maximum Gasteiger partial charge on any atom is 0.434 e. The Hall–Kier alpha value is -5.07. The van der Waals surface area contributed by atoms with Crippen LogP contribution in [-0.2, 0) is 6.18 Å². The summed E-state index contributed by atoms with van der Waals surface area (Å²) < 4.78 is 92.1. The number of hydrogen-bond acceptors (Lipinski definition) is 5. The van der Waals surface area contributed by atoms with E-state index in [0.717, 1.165) is 18.3 Å². The van der Waals surface area contributed by atoms with Gasteiger partial charge in [-0.05, 0) is 60.5 Å². The molecule has 0 saturated heterocycles. The number of imidazole rings is 1. The van der Waals surface area contributed by atoms with Crippen molar-refractivity contribution >= 4 is 5.91 Å².